The van der Waals surface area contributed by atoms with Crippen molar-refractivity contribution in [1.29, 1.82) is 0 Å². The van der Waals surface area contributed by atoms with Crippen LogP contribution in [-0.4, -0.2) is 37.6 Å². The third-order valence-corrected chi connectivity index (χ3v) is 5.50. The maximum atomic E-state index is 3.82. The van der Waals surface area contributed by atoms with E-state index in [4.69, 9.17) is 0 Å². The van der Waals surface area contributed by atoms with Crippen LogP contribution in [0.1, 0.15) is 58.8 Å². The van der Waals surface area contributed by atoms with Gasteiger partial charge in [0.25, 0.3) is 0 Å². The van der Waals surface area contributed by atoms with E-state index >= 15 is 0 Å². The summed E-state index contributed by atoms with van der Waals surface area (Å²) in [6, 6.07) is 0. The van der Waals surface area contributed by atoms with Crippen molar-refractivity contribution in [3.63, 3.8) is 0 Å². The van der Waals surface area contributed by atoms with E-state index in [0.717, 1.165) is 11.8 Å². The standard InChI is InChI=1S/C18H34N2/c1-15-10-16(2)12-17(11-15)13-19-14-18(20(3)4)8-6-5-7-9-18/h10,15,17,19H,5-9,11-14H2,1-4H3. The third-order valence-electron chi connectivity index (χ3n) is 5.50. The van der Waals surface area contributed by atoms with Gasteiger partial charge in [-0.15, -0.1) is 0 Å². The first-order valence-corrected chi connectivity index (χ1v) is 8.57. The molecule has 0 saturated heterocycles. The van der Waals surface area contributed by atoms with Gasteiger partial charge in [-0.3, -0.25) is 0 Å². The zero-order chi connectivity index (χ0) is 14.6. The van der Waals surface area contributed by atoms with Crippen LogP contribution in [0.2, 0.25) is 0 Å². The Morgan fingerprint density at radius 2 is 1.95 bits per heavy atom. The van der Waals surface area contributed by atoms with Crippen LogP contribution in [0.15, 0.2) is 11.6 Å². The van der Waals surface area contributed by atoms with E-state index in [1.807, 2.05) is 0 Å². The molecule has 0 aliphatic heterocycles. The zero-order valence-electron chi connectivity index (χ0n) is 14.0. The number of rotatable bonds is 5. The highest BCUT2D eigenvalue weighted by molar-refractivity contribution is 5.06. The summed E-state index contributed by atoms with van der Waals surface area (Å²) in [5.74, 6) is 1.62. The second-order valence-corrected chi connectivity index (χ2v) is 7.61. The number of hydrogen-bond donors (Lipinski definition) is 1. The molecule has 0 heterocycles. The summed E-state index contributed by atoms with van der Waals surface area (Å²) in [5, 5.41) is 3.82. The first-order valence-electron chi connectivity index (χ1n) is 8.57. The molecule has 2 heteroatoms. The van der Waals surface area contributed by atoms with E-state index in [-0.39, 0.29) is 0 Å². The molecule has 2 nitrogen and oxygen atoms in total. The number of hydrogen-bond acceptors (Lipinski definition) is 2. The van der Waals surface area contributed by atoms with E-state index in [1.165, 1.54) is 58.0 Å². The van der Waals surface area contributed by atoms with Crippen LogP contribution in [0.4, 0.5) is 0 Å². The van der Waals surface area contributed by atoms with Gasteiger partial charge in [0.15, 0.2) is 0 Å². The molecule has 0 aromatic heterocycles. The van der Waals surface area contributed by atoms with Gasteiger partial charge >= 0.3 is 0 Å². The van der Waals surface area contributed by atoms with E-state index < -0.39 is 0 Å². The number of nitrogens with one attached hydrogen (secondary N) is 1. The van der Waals surface area contributed by atoms with E-state index in [9.17, 15) is 0 Å². The molecule has 1 N–H and O–H groups in total. The Morgan fingerprint density at radius 1 is 1.25 bits per heavy atom. The summed E-state index contributed by atoms with van der Waals surface area (Å²) < 4.78 is 0. The van der Waals surface area contributed by atoms with Crippen molar-refractivity contribution in [2.45, 2.75) is 64.3 Å². The SMILES string of the molecule is CC1=CC(C)CC(CNCC2(N(C)C)CCCCC2)C1. The van der Waals surface area contributed by atoms with Gasteiger partial charge in [-0.05, 0) is 65.1 Å². The summed E-state index contributed by atoms with van der Waals surface area (Å²) in [6.45, 7) is 7.03. The van der Waals surface area contributed by atoms with Crippen LogP contribution in [-0.2, 0) is 0 Å². The minimum absolute atomic E-state index is 0.420. The maximum Gasteiger partial charge on any atom is 0.0327 e. The molecule has 0 spiro atoms. The highest BCUT2D eigenvalue weighted by Gasteiger charge is 2.33. The second kappa shape index (κ2) is 7.09. The third kappa shape index (κ3) is 4.08. The smallest absolute Gasteiger partial charge is 0.0327 e. The van der Waals surface area contributed by atoms with Crippen LogP contribution in [0, 0.1) is 11.8 Å². The molecule has 0 aromatic rings. The van der Waals surface area contributed by atoms with Gasteiger partial charge in [-0.2, -0.15) is 0 Å². The van der Waals surface area contributed by atoms with Crippen LogP contribution in [0.25, 0.3) is 0 Å². The fourth-order valence-electron chi connectivity index (χ4n) is 4.34. The van der Waals surface area contributed by atoms with Gasteiger partial charge in [-0.1, -0.05) is 37.8 Å². The molecule has 2 aliphatic carbocycles. The molecule has 0 radical (unpaired) electrons. The fraction of sp³-hybridized carbons (Fsp3) is 0.889. The van der Waals surface area contributed by atoms with Crippen LogP contribution < -0.4 is 5.32 Å². The van der Waals surface area contributed by atoms with Crippen molar-refractivity contribution < 1.29 is 0 Å². The Kier molecular flexibility index (Phi) is 5.68. The molecule has 0 amide bonds. The Morgan fingerprint density at radius 3 is 2.55 bits per heavy atom. The first kappa shape index (κ1) is 16.0. The summed E-state index contributed by atoms with van der Waals surface area (Å²) >= 11 is 0. The topological polar surface area (TPSA) is 15.3 Å². The van der Waals surface area contributed by atoms with Gasteiger partial charge in [-0.25, -0.2) is 0 Å². The summed E-state index contributed by atoms with van der Waals surface area (Å²) in [6.07, 6.45) is 12.1. The van der Waals surface area contributed by atoms with Crippen molar-refractivity contribution in [3.05, 3.63) is 11.6 Å². The minimum Gasteiger partial charge on any atom is -0.315 e. The molecule has 2 unspecified atom stereocenters. The van der Waals surface area contributed by atoms with Crippen LogP contribution in [0.3, 0.4) is 0 Å². The number of likely N-dealkylation sites (N-methyl/N-ethyl adjacent to an activating group) is 1. The molecule has 2 rings (SSSR count). The second-order valence-electron chi connectivity index (χ2n) is 7.61. The Labute approximate surface area is 126 Å². The van der Waals surface area contributed by atoms with E-state index in [2.05, 4.69) is 44.2 Å². The lowest BCUT2D eigenvalue weighted by molar-refractivity contribution is 0.0970. The molecule has 2 atom stereocenters. The largest absolute Gasteiger partial charge is 0.315 e. The zero-order valence-corrected chi connectivity index (χ0v) is 14.0. The molecular weight excluding hydrogens is 244 g/mol. The Balaban J connectivity index is 1.80. The van der Waals surface area contributed by atoms with Crippen LogP contribution >= 0.6 is 0 Å². The molecule has 2 aliphatic rings. The molecule has 116 valence electrons. The summed E-state index contributed by atoms with van der Waals surface area (Å²) in [5.41, 5.74) is 2.01. The van der Waals surface area contributed by atoms with Crippen molar-refractivity contribution in [3.8, 4) is 0 Å². The Bertz CT molecular complexity index is 326. The minimum atomic E-state index is 0.420. The van der Waals surface area contributed by atoms with Crippen molar-refractivity contribution in [2.75, 3.05) is 27.2 Å². The molecule has 1 saturated carbocycles. The monoisotopic (exact) mass is 278 g/mol. The average molecular weight is 278 g/mol. The lowest BCUT2D eigenvalue weighted by atomic mass is 9.80. The fourth-order valence-corrected chi connectivity index (χ4v) is 4.34. The summed E-state index contributed by atoms with van der Waals surface area (Å²) in [4.78, 5) is 2.48. The molecular formula is C18H34N2. The first-order chi connectivity index (χ1) is 9.52. The van der Waals surface area contributed by atoms with Crippen molar-refractivity contribution in [1.82, 2.24) is 10.2 Å². The van der Waals surface area contributed by atoms with Gasteiger partial charge in [0.2, 0.25) is 0 Å². The normalized spacial score (nSPS) is 30.4. The number of nitrogens with zero attached hydrogens (tertiary/aromatic N) is 1. The lowest BCUT2D eigenvalue weighted by Gasteiger charge is -2.43. The molecule has 0 aromatic carbocycles. The molecule has 1 fully saturated rings. The van der Waals surface area contributed by atoms with Gasteiger partial charge in [0.1, 0.15) is 0 Å². The van der Waals surface area contributed by atoms with E-state index in [1.54, 1.807) is 5.57 Å². The highest BCUT2D eigenvalue weighted by atomic mass is 15.2. The molecule has 20 heavy (non-hydrogen) atoms. The van der Waals surface area contributed by atoms with Gasteiger partial charge in [0.05, 0.1) is 0 Å². The predicted molar refractivity (Wildman–Crippen MR) is 88.0 cm³/mol. The van der Waals surface area contributed by atoms with Gasteiger partial charge < -0.3 is 10.2 Å². The predicted octanol–water partition coefficient (Wildman–Crippen LogP) is 3.83. The quantitative estimate of drug-likeness (QED) is 0.769. The average Bonchev–Trinajstić information content (AvgIpc) is 2.38. The number of allylic oxidation sites excluding steroid dienone is 2. The lowest BCUT2D eigenvalue weighted by Crippen LogP contribution is -2.53. The van der Waals surface area contributed by atoms with Crippen molar-refractivity contribution >= 4 is 0 Å². The van der Waals surface area contributed by atoms with E-state index in [0.29, 0.717) is 5.54 Å². The highest BCUT2D eigenvalue weighted by Crippen LogP contribution is 2.32. The van der Waals surface area contributed by atoms with Gasteiger partial charge in [0, 0.05) is 12.1 Å². The van der Waals surface area contributed by atoms with Crippen LogP contribution in [0.5, 0.6) is 0 Å². The maximum absolute atomic E-state index is 3.82. The molecule has 0 bridgehead atoms. The summed E-state index contributed by atoms with van der Waals surface area (Å²) in [7, 11) is 4.53. The Hall–Kier alpha value is -0.340. The van der Waals surface area contributed by atoms with Crippen molar-refractivity contribution in [2.24, 2.45) is 11.8 Å².